The third-order valence-corrected chi connectivity index (χ3v) is 2.59. The van der Waals surface area contributed by atoms with Gasteiger partial charge in [-0.3, -0.25) is 10.1 Å². The Balaban J connectivity index is 2.04. The van der Waals surface area contributed by atoms with Gasteiger partial charge in [-0.1, -0.05) is 0 Å². The maximum Gasteiger partial charge on any atom is 0.269 e. The first-order chi connectivity index (χ1) is 9.54. The Bertz CT molecular complexity index is 577. The van der Waals surface area contributed by atoms with Gasteiger partial charge < -0.3 is 10.1 Å². The number of nitrogens with zero attached hydrogens (tertiary/aromatic N) is 1. The molecule has 0 aliphatic rings. The van der Waals surface area contributed by atoms with Gasteiger partial charge in [-0.2, -0.15) is 0 Å². The first-order valence-electron chi connectivity index (χ1n) is 6.33. The number of hydrogen-bond donors (Lipinski definition) is 1. The highest BCUT2D eigenvalue weighted by atomic mass is 16.6. The summed E-state index contributed by atoms with van der Waals surface area (Å²) in [6, 6.07) is 13.9. The lowest BCUT2D eigenvalue weighted by Crippen LogP contribution is -2.05. The second kappa shape index (κ2) is 6.06. The van der Waals surface area contributed by atoms with Crippen molar-refractivity contribution in [3.05, 3.63) is 58.6 Å². The Hall–Kier alpha value is -2.56. The number of anilines is 2. The van der Waals surface area contributed by atoms with Crippen molar-refractivity contribution < 1.29 is 9.66 Å². The molecule has 104 valence electrons. The molecule has 0 spiro atoms. The molecule has 0 bridgehead atoms. The molecule has 2 rings (SSSR count). The van der Waals surface area contributed by atoms with E-state index in [1.807, 2.05) is 38.1 Å². The van der Waals surface area contributed by atoms with Crippen LogP contribution in [0.3, 0.4) is 0 Å². The standard InChI is InChI=1S/C15H16N2O3/c1-11(2)20-15-9-5-13(6-10-15)16-12-3-7-14(8-4-12)17(18)19/h3-11,16H,1-2H3. The van der Waals surface area contributed by atoms with E-state index in [1.54, 1.807) is 12.1 Å². The van der Waals surface area contributed by atoms with Crippen LogP contribution >= 0.6 is 0 Å². The zero-order valence-corrected chi connectivity index (χ0v) is 11.4. The van der Waals surface area contributed by atoms with Crippen molar-refractivity contribution in [2.24, 2.45) is 0 Å². The Morgan fingerprint density at radius 3 is 1.95 bits per heavy atom. The van der Waals surface area contributed by atoms with E-state index >= 15 is 0 Å². The van der Waals surface area contributed by atoms with E-state index in [9.17, 15) is 10.1 Å². The molecule has 0 aromatic heterocycles. The molecule has 2 aromatic carbocycles. The maximum atomic E-state index is 10.6. The summed E-state index contributed by atoms with van der Waals surface area (Å²) in [7, 11) is 0. The van der Waals surface area contributed by atoms with Crippen LogP contribution < -0.4 is 10.1 Å². The summed E-state index contributed by atoms with van der Waals surface area (Å²) >= 11 is 0. The molecule has 0 aliphatic carbocycles. The van der Waals surface area contributed by atoms with Gasteiger partial charge in [-0.05, 0) is 50.2 Å². The van der Waals surface area contributed by atoms with Gasteiger partial charge in [0.2, 0.25) is 0 Å². The van der Waals surface area contributed by atoms with Crippen LogP contribution in [0.25, 0.3) is 0 Å². The third-order valence-electron chi connectivity index (χ3n) is 2.59. The number of benzene rings is 2. The van der Waals surface area contributed by atoms with Gasteiger partial charge in [-0.25, -0.2) is 0 Å². The van der Waals surface area contributed by atoms with Crippen molar-refractivity contribution in [2.45, 2.75) is 20.0 Å². The van der Waals surface area contributed by atoms with Gasteiger partial charge >= 0.3 is 0 Å². The Kier molecular flexibility index (Phi) is 4.20. The monoisotopic (exact) mass is 272 g/mol. The number of nitro benzene ring substituents is 1. The summed E-state index contributed by atoms with van der Waals surface area (Å²) in [5.41, 5.74) is 1.78. The number of non-ortho nitro benzene ring substituents is 1. The largest absolute Gasteiger partial charge is 0.491 e. The zero-order chi connectivity index (χ0) is 14.5. The predicted octanol–water partition coefficient (Wildman–Crippen LogP) is 4.13. The fraction of sp³-hybridized carbons (Fsp3) is 0.200. The smallest absolute Gasteiger partial charge is 0.269 e. The molecular formula is C15H16N2O3. The lowest BCUT2D eigenvalue weighted by Gasteiger charge is -2.11. The second-order valence-corrected chi connectivity index (χ2v) is 4.62. The quantitative estimate of drug-likeness (QED) is 0.656. The molecule has 5 nitrogen and oxygen atoms in total. The zero-order valence-electron chi connectivity index (χ0n) is 11.4. The van der Waals surface area contributed by atoms with Crippen LogP contribution in [0.15, 0.2) is 48.5 Å². The Morgan fingerprint density at radius 2 is 1.50 bits per heavy atom. The number of nitro groups is 1. The van der Waals surface area contributed by atoms with Crippen LogP contribution in [0.4, 0.5) is 17.1 Å². The van der Waals surface area contributed by atoms with Crippen molar-refractivity contribution >= 4 is 17.1 Å². The van der Waals surface area contributed by atoms with Crippen LogP contribution in [0.5, 0.6) is 5.75 Å². The van der Waals surface area contributed by atoms with Gasteiger partial charge in [-0.15, -0.1) is 0 Å². The number of hydrogen-bond acceptors (Lipinski definition) is 4. The molecule has 0 atom stereocenters. The average molecular weight is 272 g/mol. The summed E-state index contributed by atoms with van der Waals surface area (Å²) in [6.07, 6.45) is 0.142. The topological polar surface area (TPSA) is 64.4 Å². The highest BCUT2D eigenvalue weighted by Gasteiger charge is 2.04. The maximum absolute atomic E-state index is 10.6. The first-order valence-corrected chi connectivity index (χ1v) is 6.33. The highest BCUT2D eigenvalue weighted by molar-refractivity contribution is 5.61. The SMILES string of the molecule is CC(C)Oc1ccc(Nc2ccc([N+](=O)[O-])cc2)cc1. The Labute approximate surface area is 117 Å². The minimum Gasteiger partial charge on any atom is -0.491 e. The minimum absolute atomic E-state index is 0.0798. The summed E-state index contributed by atoms with van der Waals surface area (Å²) in [4.78, 5) is 10.2. The second-order valence-electron chi connectivity index (χ2n) is 4.62. The van der Waals surface area contributed by atoms with Gasteiger partial charge in [0.15, 0.2) is 0 Å². The van der Waals surface area contributed by atoms with E-state index in [4.69, 9.17) is 4.74 Å². The van der Waals surface area contributed by atoms with E-state index in [2.05, 4.69) is 5.32 Å². The number of nitrogens with one attached hydrogen (secondary N) is 1. The molecule has 0 heterocycles. The van der Waals surface area contributed by atoms with Crippen molar-refractivity contribution in [1.29, 1.82) is 0 Å². The van der Waals surface area contributed by atoms with E-state index in [0.29, 0.717) is 0 Å². The summed E-state index contributed by atoms with van der Waals surface area (Å²) in [6.45, 7) is 3.95. The third kappa shape index (κ3) is 3.71. The molecular weight excluding hydrogens is 256 g/mol. The predicted molar refractivity (Wildman–Crippen MR) is 78.6 cm³/mol. The number of rotatable bonds is 5. The molecule has 2 aromatic rings. The molecule has 1 N–H and O–H groups in total. The van der Waals surface area contributed by atoms with Gasteiger partial charge in [0, 0.05) is 23.5 Å². The van der Waals surface area contributed by atoms with Crippen LogP contribution in [0.1, 0.15) is 13.8 Å². The van der Waals surface area contributed by atoms with Crippen LogP contribution in [0.2, 0.25) is 0 Å². The summed E-state index contributed by atoms with van der Waals surface area (Å²) in [5.74, 6) is 0.814. The van der Waals surface area contributed by atoms with Crippen LogP contribution in [0, 0.1) is 10.1 Å². The molecule has 20 heavy (non-hydrogen) atoms. The van der Waals surface area contributed by atoms with E-state index in [-0.39, 0.29) is 11.8 Å². The molecule has 0 saturated carbocycles. The highest BCUT2D eigenvalue weighted by Crippen LogP contribution is 2.22. The fourth-order valence-corrected chi connectivity index (χ4v) is 1.72. The summed E-state index contributed by atoms with van der Waals surface area (Å²) in [5, 5.41) is 13.7. The number of ether oxygens (including phenoxy) is 1. The molecule has 0 saturated heterocycles. The van der Waals surface area contributed by atoms with E-state index in [0.717, 1.165) is 17.1 Å². The average Bonchev–Trinajstić information content (AvgIpc) is 2.41. The van der Waals surface area contributed by atoms with Gasteiger partial charge in [0.1, 0.15) is 5.75 Å². The minimum atomic E-state index is -0.415. The van der Waals surface area contributed by atoms with Crippen molar-refractivity contribution in [2.75, 3.05) is 5.32 Å². The summed E-state index contributed by atoms with van der Waals surface area (Å²) < 4.78 is 5.56. The van der Waals surface area contributed by atoms with Crippen molar-refractivity contribution in [3.63, 3.8) is 0 Å². The molecule has 0 radical (unpaired) electrons. The van der Waals surface area contributed by atoms with E-state index in [1.165, 1.54) is 12.1 Å². The van der Waals surface area contributed by atoms with Crippen LogP contribution in [-0.4, -0.2) is 11.0 Å². The lowest BCUT2D eigenvalue weighted by molar-refractivity contribution is -0.384. The van der Waals surface area contributed by atoms with Gasteiger partial charge in [0.25, 0.3) is 5.69 Å². The van der Waals surface area contributed by atoms with Crippen LogP contribution in [-0.2, 0) is 0 Å². The Morgan fingerprint density at radius 1 is 1.00 bits per heavy atom. The normalized spacial score (nSPS) is 10.3. The molecule has 0 unspecified atom stereocenters. The molecule has 0 amide bonds. The van der Waals surface area contributed by atoms with Crippen molar-refractivity contribution in [1.82, 2.24) is 0 Å². The van der Waals surface area contributed by atoms with E-state index < -0.39 is 4.92 Å². The van der Waals surface area contributed by atoms with Gasteiger partial charge in [0.05, 0.1) is 11.0 Å². The first kappa shape index (κ1) is 13.9. The lowest BCUT2D eigenvalue weighted by atomic mass is 10.2. The fourth-order valence-electron chi connectivity index (χ4n) is 1.72. The molecule has 0 aliphatic heterocycles. The molecule has 0 fully saturated rings. The van der Waals surface area contributed by atoms with Crippen molar-refractivity contribution in [3.8, 4) is 5.75 Å². The molecule has 5 heteroatoms.